The number of hydrogen-bond donors (Lipinski definition) is 0. The van der Waals surface area contributed by atoms with Crippen molar-refractivity contribution < 1.29 is 9.47 Å². The first kappa shape index (κ1) is 15.6. The molecule has 2 unspecified atom stereocenters. The second-order valence-electron chi connectivity index (χ2n) is 6.83. The Morgan fingerprint density at radius 2 is 2.16 bits per heavy atom. The molecule has 0 saturated carbocycles. The van der Waals surface area contributed by atoms with E-state index in [9.17, 15) is 0 Å². The zero-order valence-electron chi connectivity index (χ0n) is 12.9. The van der Waals surface area contributed by atoms with Crippen LogP contribution in [0.4, 0.5) is 0 Å². The highest BCUT2D eigenvalue weighted by Gasteiger charge is 2.43. The third-order valence-electron chi connectivity index (χ3n) is 3.86. The fraction of sp³-hybridized carbons (Fsp3) is 1.00. The van der Waals surface area contributed by atoms with Gasteiger partial charge in [0.15, 0.2) is 0 Å². The fourth-order valence-corrected chi connectivity index (χ4v) is 3.82. The normalized spacial score (nSPS) is 33.2. The van der Waals surface area contributed by atoms with Gasteiger partial charge in [-0.2, -0.15) is 11.8 Å². The molecule has 2 heterocycles. The van der Waals surface area contributed by atoms with Gasteiger partial charge >= 0.3 is 0 Å². The Hall–Kier alpha value is 0.230. The van der Waals surface area contributed by atoms with E-state index in [1.54, 1.807) is 0 Å². The summed E-state index contributed by atoms with van der Waals surface area (Å²) in [4.78, 5) is 2.59. The number of rotatable bonds is 4. The summed E-state index contributed by atoms with van der Waals surface area (Å²) in [5.74, 6) is 1.21. The van der Waals surface area contributed by atoms with Crippen molar-refractivity contribution in [3.8, 4) is 0 Å². The van der Waals surface area contributed by atoms with Crippen molar-refractivity contribution in [1.82, 2.24) is 4.90 Å². The van der Waals surface area contributed by atoms with Gasteiger partial charge in [0.05, 0.1) is 12.7 Å². The maximum absolute atomic E-state index is 6.29. The molecule has 1 spiro atoms. The highest BCUT2D eigenvalue weighted by Crippen LogP contribution is 2.31. The first-order chi connectivity index (χ1) is 8.92. The van der Waals surface area contributed by atoms with Crippen molar-refractivity contribution in [2.24, 2.45) is 0 Å². The Morgan fingerprint density at radius 3 is 2.74 bits per heavy atom. The van der Waals surface area contributed by atoms with Gasteiger partial charge in [-0.05, 0) is 6.42 Å². The van der Waals surface area contributed by atoms with Crippen LogP contribution in [0.1, 0.15) is 40.5 Å². The number of thioether (sulfide) groups is 1. The average Bonchev–Trinajstić information content (AvgIpc) is 2.74. The van der Waals surface area contributed by atoms with E-state index in [0.717, 1.165) is 39.1 Å². The lowest BCUT2D eigenvalue weighted by Crippen LogP contribution is -2.56. The van der Waals surface area contributed by atoms with E-state index < -0.39 is 0 Å². The lowest BCUT2D eigenvalue weighted by atomic mass is 9.98. The molecular formula is C15H29NO2S. The SMILES string of the molecule is CCC1CN(CCSC(C)(C)C)CC2(CCOC2)O1. The molecule has 0 N–H and O–H groups in total. The number of hydrogen-bond acceptors (Lipinski definition) is 4. The van der Waals surface area contributed by atoms with Gasteiger partial charge in [-0.1, -0.05) is 27.7 Å². The summed E-state index contributed by atoms with van der Waals surface area (Å²) in [6.45, 7) is 14.0. The summed E-state index contributed by atoms with van der Waals surface area (Å²) in [6, 6.07) is 0. The molecule has 2 aliphatic rings. The molecule has 0 amide bonds. The molecule has 2 fully saturated rings. The Bertz CT molecular complexity index is 284. The van der Waals surface area contributed by atoms with Crippen molar-refractivity contribution in [3.63, 3.8) is 0 Å². The Labute approximate surface area is 122 Å². The van der Waals surface area contributed by atoms with Gasteiger partial charge in [-0.15, -0.1) is 0 Å². The van der Waals surface area contributed by atoms with Crippen LogP contribution in [0.3, 0.4) is 0 Å². The smallest absolute Gasteiger partial charge is 0.107 e. The topological polar surface area (TPSA) is 21.7 Å². The van der Waals surface area contributed by atoms with Crippen molar-refractivity contribution >= 4 is 11.8 Å². The summed E-state index contributed by atoms with van der Waals surface area (Å²) >= 11 is 2.05. The van der Waals surface area contributed by atoms with Crippen LogP contribution in [0.5, 0.6) is 0 Å². The number of nitrogens with zero attached hydrogens (tertiary/aromatic N) is 1. The fourth-order valence-electron chi connectivity index (χ4n) is 2.86. The molecule has 2 rings (SSSR count). The van der Waals surface area contributed by atoms with Gasteiger partial charge in [0.25, 0.3) is 0 Å². The maximum Gasteiger partial charge on any atom is 0.107 e. The Balaban J connectivity index is 1.85. The van der Waals surface area contributed by atoms with E-state index in [0.29, 0.717) is 10.9 Å². The van der Waals surface area contributed by atoms with Crippen LogP contribution in [0.15, 0.2) is 0 Å². The van der Waals surface area contributed by atoms with E-state index in [2.05, 4.69) is 44.4 Å². The van der Waals surface area contributed by atoms with Crippen LogP contribution in [-0.4, -0.2) is 60.0 Å². The van der Waals surface area contributed by atoms with Gasteiger partial charge in [0.1, 0.15) is 5.60 Å². The number of morpholine rings is 1. The van der Waals surface area contributed by atoms with E-state index in [4.69, 9.17) is 9.47 Å². The van der Waals surface area contributed by atoms with Crippen LogP contribution in [0.25, 0.3) is 0 Å². The van der Waals surface area contributed by atoms with Gasteiger partial charge in [0, 0.05) is 43.2 Å². The largest absolute Gasteiger partial charge is 0.378 e. The predicted octanol–water partition coefficient (Wildman–Crippen LogP) is 2.79. The minimum absolute atomic E-state index is 0.00861. The molecule has 4 heteroatoms. The van der Waals surface area contributed by atoms with Crippen LogP contribution in [0.2, 0.25) is 0 Å². The maximum atomic E-state index is 6.29. The van der Waals surface area contributed by atoms with Crippen LogP contribution < -0.4 is 0 Å². The first-order valence-electron chi connectivity index (χ1n) is 7.54. The lowest BCUT2D eigenvalue weighted by Gasteiger charge is -2.44. The second-order valence-corrected chi connectivity index (χ2v) is 8.75. The second kappa shape index (κ2) is 6.33. The van der Waals surface area contributed by atoms with E-state index in [1.807, 2.05) is 0 Å². The molecule has 0 bridgehead atoms. The quantitative estimate of drug-likeness (QED) is 0.792. The molecule has 0 aromatic rings. The molecule has 2 saturated heterocycles. The summed E-state index contributed by atoms with van der Waals surface area (Å²) in [7, 11) is 0. The molecule has 0 aromatic heterocycles. The lowest BCUT2D eigenvalue weighted by molar-refractivity contribution is -0.153. The van der Waals surface area contributed by atoms with Crippen LogP contribution >= 0.6 is 11.8 Å². The molecular weight excluding hydrogens is 258 g/mol. The third kappa shape index (κ3) is 4.62. The van der Waals surface area contributed by atoms with Gasteiger partial charge in [-0.3, -0.25) is 4.90 Å². The third-order valence-corrected chi connectivity index (χ3v) is 5.11. The van der Waals surface area contributed by atoms with E-state index >= 15 is 0 Å². The van der Waals surface area contributed by atoms with E-state index in [1.165, 1.54) is 12.3 Å². The highest BCUT2D eigenvalue weighted by molar-refractivity contribution is 8.00. The first-order valence-corrected chi connectivity index (χ1v) is 8.53. The van der Waals surface area contributed by atoms with Crippen molar-refractivity contribution in [3.05, 3.63) is 0 Å². The van der Waals surface area contributed by atoms with Crippen molar-refractivity contribution in [2.75, 3.05) is 38.6 Å². The zero-order chi connectivity index (χ0) is 13.9. The average molecular weight is 287 g/mol. The van der Waals surface area contributed by atoms with Crippen LogP contribution in [-0.2, 0) is 9.47 Å². The zero-order valence-corrected chi connectivity index (χ0v) is 13.7. The van der Waals surface area contributed by atoms with Crippen molar-refractivity contribution in [1.29, 1.82) is 0 Å². The molecule has 0 radical (unpaired) electrons. The summed E-state index contributed by atoms with van der Waals surface area (Å²) in [6.07, 6.45) is 2.55. The van der Waals surface area contributed by atoms with Gasteiger partial charge in [0.2, 0.25) is 0 Å². The Morgan fingerprint density at radius 1 is 1.37 bits per heavy atom. The highest BCUT2D eigenvalue weighted by atomic mass is 32.2. The van der Waals surface area contributed by atoms with Crippen molar-refractivity contribution in [2.45, 2.75) is 57.0 Å². The minimum atomic E-state index is -0.00861. The van der Waals surface area contributed by atoms with Gasteiger partial charge < -0.3 is 9.47 Å². The molecule has 0 aromatic carbocycles. The minimum Gasteiger partial charge on any atom is -0.378 e. The summed E-state index contributed by atoms with van der Waals surface area (Å²) in [5, 5.41) is 0. The summed E-state index contributed by atoms with van der Waals surface area (Å²) in [5.41, 5.74) is -0.00861. The summed E-state index contributed by atoms with van der Waals surface area (Å²) < 4.78 is 12.2. The van der Waals surface area contributed by atoms with E-state index in [-0.39, 0.29) is 5.60 Å². The molecule has 112 valence electrons. The van der Waals surface area contributed by atoms with Gasteiger partial charge in [-0.25, -0.2) is 0 Å². The Kier molecular flexibility index (Phi) is 5.21. The monoisotopic (exact) mass is 287 g/mol. The molecule has 2 aliphatic heterocycles. The molecule has 2 atom stereocenters. The van der Waals surface area contributed by atoms with Crippen LogP contribution in [0, 0.1) is 0 Å². The standard InChI is InChI=1S/C15H29NO2S/c1-5-13-10-16(7-9-19-14(2,3)4)11-15(18-13)6-8-17-12-15/h13H,5-12H2,1-4H3. The molecule has 19 heavy (non-hydrogen) atoms. The number of ether oxygens (including phenoxy) is 2. The predicted molar refractivity (Wildman–Crippen MR) is 82.0 cm³/mol. The molecule has 0 aliphatic carbocycles. The molecule has 3 nitrogen and oxygen atoms in total.